The lowest BCUT2D eigenvalue weighted by atomic mass is 10.1. The zero-order valence-electron chi connectivity index (χ0n) is 12.3. The summed E-state index contributed by atoms with van der Waals surface area (Å²) in [5.41, 5.74) is 3.65. The number of benzene rings is 3. The van der Waals surface area contributed by atoms with Gasteiger partial charge in [0.25, 0.3) is 5.91 Å². The normalized spacial score (nSPS) is 13.4. The summed E-state index contributed by atoms with van der Waals surface area (Å²) in [6.07, 6.45) is 0. The molecule has 0 radical (unpaired) electrons. The number of amides is 1. The van der Waals surface area contributed by atoms with Crippen molar-refractivity contribution < 1.29 is 4.79 Å². The van der Waals surface area contributed by atoms with E-state index >= 15 is 0 Å². The van der Waals surface area contributed by atoms with Crippen LogP contribution in [0.25, 0.3) is 21.8 Å². The van der Waals surface area contributed by atoms with Crippen molar-refractivity contribution in [3.8, 4) is 0 Å². The van der Waals surface area contributed by atoms with Crippen molar-refractivity contribution in [2.45, 2.75) is 6.54 Å². The minimum absolute atomic E-state index is 0.0391. The third-order valence-corrected chi connectivity index (χ3v) is 4.40. The molecule has 0 bridgehead atoms. The molecule has 2 heterocycles. The number of hydrogen-bond donors (Lipinski definition) is 1. The molecule has 4 heteroatoms. The first kappa shape index (κ1) is 12.4. The Balaban J connectivity index is 1.62. The number of nitrogens with one attached hydrogen (secondary N) is 1. The Hall–Kier alpha value is -3.14. The van der Waals surface area contributed by atoms with Crippen LogP contribution >= 0.6 is 0 Å². The Morgan fingerprint density at radius 2 is 1.78 bits per heavy atom. The van der Waals surface area contributed by atoms with Crippen LogP contribution < -0.4 is 4.90 Å². The van der Waals surface area contributed by atoms with E-state index in [9.17, 15) is 4.79 Å². The molecule has 4 aromatic rings. The smallest absolute Gasteiger partial charge is 0.259 e. The van der Waals surface area contributed by atoms with Crippen LogP contribution in [-0.4, -0.2) is 15.9 Å². The van der Waals surface area contributed by atoms with E-state index in [1.807, 2.05) is 60.7 Å². The molecule has 23 heavy (non-hydrogen) atoms. The topological polar surface area (TPSA) is 49.0 Å². The highest BCUT2D eigenvalue weighted by atomic mass is 16.2. The van der Waals surface area contributed by atoms with Gasteiger partial charge in [0.2, 0.25) is 0 Å². The molecule has 0 aliphatic carbocycles. The maximum Gasteiger partial charge on any atom is 0.259 e. The van der Waals surface area contributed by atoms with Crippen molar-refractivity contribution in [2.75, 3.05) is 4.90 Å². The van der Waals surface area contributed by atoms with Gasteiger partial charge in [-0.1, -0.05) is 36.4 Å². The summed E-state index contributed by atoms with van der Waals surface area (Å²) in [5, 5.41) is 2.14. The van der Waals surface area contributed by atoms with Gasteiger partial charge in [0.15, 0.2) is 0 Å². The summed E-state index contributed by atoms with van der Waals surface area (Å²) in [6.45, 7) is 0.446. The van der Waals surface area contributed by atoms with Gasteiger partial charge < -0.3 is 9.88 Å². The van der Waals surface area contributed by atoms with E-state index in [1.165, 1.54) is 0 Å². The number of carbonyl (C=O) groups excluding carboxylic acids is 1. The van der Waals surface area contributed by atoms with Crippen molar-refractivity contribution in [2.24, 2.45) is 0 Å². The number of hydrogen-bond acceptors (Lipinski definition) is 2. The van der Waals surface area contributed by atoms with Crippen LogP contribution in [0.4, 0.5) is 5.69 Å². The van der Waals surface area contributed by atoms with E-state index in [-0.39, 0.29) is 5.91 Å². The van der Waals surface area contributed by atoms with Gasteiger partial charge in [0, 0.05) is 10.9 Å². The highest BCUT2D eigenvalue weighted by Crippen LogP contribution is 2.37. The second kappa shape index (κ2) is 4.43. The quantitative estimate of drug-likeness (QED) is 0.610. The van der Waals surface area contributed by atoms with Gasteiger partial charge in [0.05, 0.1) is 23.3 Å². The Morgan fingerprint density at radius 1 is 0.957 bits per heavy atom. The van der Waals surface area contributed by atoms with Crippen LogP contribution in [0, 0.1) is 0 Å². The molecule has 0 saturated carbocycles. The SMILES string of the molecule is O=C1c2cccc3cccc(c23)N1Cc1nc2ccccc2[nH]1. The van der Waals surface area contributed by atoms with Crippen LogP contribution in [0.1, 0.15) is 16.2 Å². The molecule has 110 valence electrons. The fourth-order valence-corrected chi connectivity index (χ4v) is 3.37. The largest absolute Gasteiger partial charge is 0.340 e. The van der Waals surface area contributed by atoms with Crippen molar-refractivity contribution in [3.63, 3.8) is 0 Å². The van der Waals surface area contributed by atoms with E-state index in [2.05, 4.69) is 9.97 Å². The van der Waals surface area contributed by atoms with Crippen LogP contribution in [0.2, 0.25) is 0 Å². The summed E-state index contributed by atoms with van der Waals surface area (Å²) in [5.74, 6) is 0.835. The first-order valence-electron chi connectivity index (χ1n) is 7.58. The maximum absolute atomic E-state index is 12.8. The third kappa shape index (κ3) is 1.72. The van der Waals surface area contributed by atoms with E-state index < -0.39 is 0 Å². The molecule has 0 spiro atoms. The van der Waals surface area contributed by atoms with Gasteiger partial charge in [-0.3, -0.25) is 4.79 Å². The second-order valence-corrected chi connectivity index (χ2v) is 5.77. The number of nitrogens with zero attached hydrogens (tertiary/aromatic N) is 2. The molecule has 0 fully saturated rings. The fraction of sp³-hybridized carbons (Fsp3) is 0.0526. The molecular weight excluding hydrogens is 286 g/mol. The van der Waals surface area contributed by atoms with Crippen LogP contribution in [0.3, 0.4) is 0 Å². The van der Waals surface area contributed by atoms with Crippen molar-refractivity contribution >= 4 is 33.4 Å². The average molecular weight is 299 g/mol. The molecule has 1 N–H and O–H groups in total. The Kier molecular flexibility index (Phi) is 2.39. The number of para-hydroxylation sites is 2. The predicted molar refractivity (Wildman–Crippen MR) is 90.6 cm³/mol. The molecule has 5 rings (SSSR count). The molecular formula is C19H13N3O. The maximum atomic E-state index is 12.8. The monoisotopic (exact) mass is 299 g/mol. The number of H-pyrrole nitrogens is 1. The molecule has 0 unspecified atom stereocenters. The van der Waals surface area contributed by atoms with Gasteiger partial charge in [-0.25, -0.2) is 4.98 Å². The van der Waals surface area contributed by atoms with E-state index in [0.29, 0.717) is 6.54 Å². The first-order valence-corrected chi connectivity index (χ1v) is 7.58. The summed E-state index contributed by atoms with van der Waals surface area (Å²) >= 11 is 0. The van der Waals surface area contributed by atoms with Crippen molar-refractivity contribution in [1.82, 2.24) is 9.97 Å². The summed E-state index contributed by atoms with van der Waals surface area (Å²) < 4.78 is 0. The average Bonchev–Trinajstić information content (AvgIpc) is 3.11. The first-order chi connectivity index (χ1) is 11.3. The number of imidazole rings is 1. The number of fused-ring (bicyclic) bond motifs is 1. The summed E-state index contributed by atoms with van der Waals surface area (Å²) in [7, 11) is 0. The van der Waals surface area contributed by atoms with Crippen molar-refractivity contribution in [1.29, 1.82) is 0 Å². The number of carbonyl (C=O) groups is 1. The molecule has 0 saturated heterocycles. The molecule has 1 aromatic heterocycles. The highest BCUT2D eigenvalue weighted by Gasteiger charge is 2.30. The Morgan fingerprint density at radius 3 is 2.65 bits per heavy atom. The third-order valence-electron chi connectivity index (χ3n) is 4.40. The number of rotatable bonds is 2. The lowest BCUT2D eigenvalue weighted by Crippen LogP contribution is -2.26. The predicted octanol–water partition coefficient (Wildman–Crippen LogP) is 3.88. The Bertz CT molecular complexity index is 1040. The zero-order valence-corrected chi connectivity index (χ0v) is 12.3. The second-order valence-electron chi connectivity index (χ2n) is 5.77. The van der Waals surface area contributed by atoms with Gasteiger partial charge in [-0.15, -0.1) is 0 Å². The lowest BCUT2D eigenvalue weighted by molar-refractivity contribution is 0.0991. The zero-order chi connectivity index (χ0) is 15.4. The van der Waals surface area contributed by atoms with E-state index in [1.54, 1.807) is 4.90 Å². The molecule has 1 aliphatic rings. The van der Waals surface area contributed by atoms with Crippen LogP contribution in [0.15, 0.2) is 60.7 Å². The highest BCUT2D eigenvalue weighted by molar-refractivity contribution is 6.24. The molecule has 0 atom stereocenters. The summed E-state index contributed by atoms with van der Waals surface area (Å²) in [6, 6.07) is 19.8. The summed E-state index contributed by atoms with van der Waals surface area (Å²) in [4.78, 5) is 22.5. The van der Waals surface area contributed by atoms with E-state index in [0.717, 1.165) is 38.9 Å². The minimum atomic E-state index is 0.0391. The lowest BCUT2D eigenvalue weighted by Gasteiger charge is -2.16. The number of aromatic amines is 1. The molecule has 4 nitrogen and oxygen atoms in total. The molecule has 3 aromatic carbocycles. The van der Waals surface area contributed by atoms with Gasteiger partial charge in [-0.2, -0.15) is 0 Å². The fourth-order valence-electron chi connectivity index (χ4n) is 3.37. The van der Waals surface area contributed by atoms with E-state index in [4.69, 9.17) is 0 Å². The minimum Gasteiger partial charge on any atom is -0.340 e. The van der Waals surface area contributed by atoms with Gasteiger partial charge in [-0.05, 0) is 29.7 Å². The van der Waals surface area contributed by atoms with Crippen LogP contribution in [-0.2, 0) is 6.54 Å². The van der Waals surface area contributed by atoms with Gasteiger partial charge in [0.1, 0.15) is 5.82 Å². The standard InChI is InChI=1S/C19H13N3O/c23-19-13-7-3-5-12-6-4-10-16(18(12)13)22(19)11-17-20-14-8-1-2-9-15(14)21-17/h1-10H,11H2,(H,20,21). The van der Waals surface area contributed by atoms with Crippen molar-refractivity contribution in [3.05, 3.63) is 72.1 Å². The number of aromatic nitrogens is 2. The number of anilines is 1. The van der Waals surface area contributed by atoms with Gasteiger partial charge >= 0.3 is 0 Å². The molecule has 1 amide bonds. The molecule has 1 aliphatic heterocycles. The van der Waals surface area contributed by atoms with Crippen LogP contribution in [0.5, 0.6) is 0 Å². The Labute approximate surface area is 132 Å².